The van der Waals surface area contributed by atoms with Gasteiger partial charge in [-0.1, -0.05) is 41.9 Å². The van der Waals surface area contributed by atoms with E-state index in [1.165, 1.54) is 21.9 Å². The van der Waals surface area contributed by atoms with Crippen LogP contribution in [0.2, 0.25) is 5.02 Å². The molecule has 0 amide bonds. The third-order valence-electron chi connectivity index (χ3n) is 5.42. The first-order valence-corrected chi connectivity index (χ1v) is 9.65. The maximum atomic E-state index is 6.19. The van der Waals surface area contributed by atoms with Crippen LogP contribution >= 0.6 is 24.0 Å². The van der Waals surface area contributed by atoms with E-state index in [1.54, 1.807) is 0 Å². The number of nitrogens with one attached hydrogen (secondary N) is 1. The van der Waals surface area contributed by atoms with Crippen molar-refractivity contribution in [2.24, 2.45) is 0 Å². The molecular weight excluding hydrogens is 391 g/mol. The summed E-state index contributed by atoms with van der Waals surface area (Å²) in [4.78, 5) is 7.35. The van der Waals surface area contributed by atoms with Gasteiger partial charge in [0, 0.05) is 47.7 Å². The predicted octanol–water partition coefficient (Wildman–Crippen LogP) is 4.72. The fourth-order valence-corrected chi connectivity index (χ4v) is 4.15. The van der Waals surface area contributed by atoms with Gasteiger partial charge in [-0.2, -0.15) is 0 Å². The molecule has 4 nitrogen and oxygen atoms in total. The van der Waals surface area contributed by atoms with E-state index in [-0.39, 0.29) is 12.4 Å². The Morgan fingerprint density at radius 1 is 1.07 bits per heavy atom. The number of pyridine rings is 1. The summed E-state index contributed by atoms with van der Waals surface area (Å²) in [5.41, 5.74) is 3.48. The second kappa shape index (κ2) is 7.63. The van der Waals surface area contributed by atoms with Crippen LogP contribution < -0.4 is 10.2 Å². The highest BCUT2D eigenvalue weighted by Gasteiger charge is 2.28. The standard InChI is InChI=1S/C22H21ClN4.ClH/c1-24-17-13-27(14-17)22-19-9-10-26(12-15-5-4-6-16(23)11-15)21(19)18-7-2-3-8-20(18)25-22;/h2-11,17,24H,12-14H2,1H3;1H. The maximum Gasteiger partial charge on any atom is 0.138 e. The summed E-state index contributed by atoms with van der Waals surface area (Å²) >= 11 is 6.19. The molecule has 3 heterocycles. The van der Waals surface area contributed by atoms with Gasteiger partial charge in [-0.3, -0.25) is 0 Å². The topological polar surface area (TPSA) is 33.1 Å². The maximum absolute atomic E-state index is 6.19. The fraction of sp³-hybridized carbons (Fsp3) is 0.227. The largest absolute Gasteiger partial charge is 0.353 e. The van der Waals surface area contributed by atoms with Crippen molar-refractivity contribution in [3.8, 4) is 0 Å². The first-order chi connectivity index (χ1) is 13.2. The number of likely N-dealkylation sites (N-methyl/N-ethyl adjacent to an activating group) is 1. The Morgan fingerprint density at radius 2 is 1.89 bits per heavy atom. The molecule has 28 heavy (non-hydrogen) atoms. The Kier molecular flexibility index (Phi) is 5.19. The number of nitrogens with zero attached hydrogens (tertiary/aromatic N) is 3. The van der Waals surface area contributed by atoms with Crippen LogP contribution in [0.3, 0.4) is 0 Å². The minimum Gasteiger partial charge on any atom is -0.353 e. The monoisotopic (exact) mass is 412 g/mol. The van der Waals surface area contributed by atoms with Crippen LogP contribution in [0.5, 0.6) is 0 Å². The molecule has 4 aromatic rings. The summed E-state index contributed by atoms with van der Waals surface area (Å²) in [5, 5.41) is 6.52. The van der Waals surface area contributed by atoms with Crippen LogP contribution in [-0.2, 0) is 6.54 Å². The van der Waals surface area contributed by atoms with E-state index >= 15 is 0 Å². The Hall–Kier alpha value is -2.27. The Balaban J connectivity index is 0.00000192. The van der Waals surface area contributed by atoms with E-state index in [0.717, 1.165) is 36.0 Å². The van der Waals surface area contributed by atoms with Crippen molar-refractivity contribution >= 4 is 51.6 Å². The second-order valence-corrected chi connectivity index (χ2v) is 7.62. The Morgan fingerprint density at radius 3 is 2.68 bits per heavy atom. The van der Waals surface area contributed by atoms with Gasteiger partial charge in [0.15, 0.2) is 0 Å². The number of rotatable bonds is 4. The van der Waals surface area contributed by atoms with Crippen LogP contribution in [0.4, 0.5) is 5.82 Å². The molecule has 0 aliphatic carbocycles. The minimum absolute atomic E-state index is 0. The van der Waals surface area contributed by atoms with Crippen molar-refractivity contribution in [2.45, 2.75) is 12.6 Å². The molecule has 0 spiro atoms. The van der Waals surface area contributed by atoms with Crippen LogP contribution in [0.15, 0.2) is 60.8 Å². The smallest absolute Gasteiger partial charge is 0.138 e. The van der Waals surface area contributed by atoms with Crippen molar-refractivity contribution < 1.29 is 0 Å². The third-order valence-corrected chi connectivity index (χ3v) is 5.66. The first kappa shape index (κ1) is 19.1. The van der Waals surface area contributed by atoms with Gasteiger partial charge in [0.25, 0.3) is 0 Å². The molecule has 0 saturated carbocycles. The normalized spacial score (nSPS) is 14.3. The summed E-state index contributed by atoms with van der Waals surface area (Å²) in [6, 6.07) is 19.2. The molecule has 1 N–H and O–H groups in total. The number of fused-ring (bicyclic) bond motifs is 3. The van der Waals surface area contributed by atoms with Crippen LogP contribution in [0.25, 0.3) is 21.8 Å². The zero-order valence-electron chi connectivity index (χ0n) is 15.6. The summed E-state index contributed by atoms with van der Waals surface area (Å²) in [7, 11) is 2.02. The average molecular weight is 413 g/mol. The van der Waals surface area contributed by atoms with Crippen LogP contribution in [0, 0.1) is 0 Å². The molecule has 0 bridgehead atoms. The molecule has 2 aromatic heterocycles. The van der Waals surface area contributed by atoms with Gasteiger partial charge in [0.1, 0.15) is 5.82 Å². The molecule has 0 atom stereocenters. The summed E-state index contributed by atoms with van der Waals surface area (Å²) in [6.45, 7) is 2.78. The lowest BCUT2D eigenvalue weighted by molar-refractivity contribution is 0.448. The van der Waals surface area contributed by atoms with Crippen LogP contribution in [-0.4, -0.2) is 35.7 Å². The first-order valence-electron chi connectivity index (χ1n) is 9.27. The van der Waals surface area contributed by atoms with E-state index < -0.39 is 0 Å². The van der Waals surface area contributed by atoms with Crippen molar-refractivity contribution in [1.29, 1.82) is 0 Å². The van der Waals surface area contributed by atoms with Crippen molar-refractivity contribution in [3.05, 3.63) is 71.4 Å². The van der Waals surface area contributed by atoms with Crippen LogP contribution in [0.1, 0.15) is 5.56 Å². The molecule has 1 aliphatic rings. The average Bonchev–Trinajstić information content (AvgIpc) is 3.05. The summed E-state index contributed by atoms with van der Waals surface area (Å²) in [5.74, 6) is 1.08. The van der Waals surface area contributed by atoms with Gasteiger partial charge in [-0.15, -0.1) is 12.4 Å². The highest BCUT2D eigenvalue weighted by molar-refractivity contribution is 6.30. The highest BCUT2D eigenvalue weighted by Crippen LogP contribution is 2.34. The number of aromatic nitrogens is 2. The summed E-state index contributed by atoms with van der Waals surface area (Å²) in [6.07, 6.45) is 2.17. The third kappa shape index (κ3) is 3.22. The second-order valence-electron chi connectivity index (χ2n) is 7.18. The lowest BCUT2D eigenvalue weighted by Crippen LogP contribution is -2.57. The van der Waals surface area contributed by atoms with Crippen molar-refractivity contribution in [1.82, 2.24) is 14.9 Å². The van der Waals surface area contributed by atoms with Crippen molar-refractivity contribution in [3.63, 3.8) is 0 Å². The molecule has 1 aliphatic heterocycles. The number of halogens is 2. The lowest BCUT2D eigenvalue weighted by atomic mass is 10.1. The Labute approximate surface area is 175 Å². The van der Waals surface area contributed by atoms with E-state index in [2.05, 4.69) is 57.4 Å². The zero-order chi connectivity index (χ0) is 18.4. The van der Waals surface area contributed by atoms with Crippen molar-refractivity contribution in [2.75, 3.05) is 25.0 Å². The van der Waals surface area contributed by atoms with Gasteiger partial charge in [0.2, 0.25) is 0 Å². The van der Waals surface area contributed by atoms with E-state index in [9.17, 15) is 0 Å². The van der Waals surface area contributed by atoms with E-state index in [0.29, 0.717) is 6.04 Å². The fourth-order valence-electron chi connectivity index (χ4n) is 3.94. The number of para-hydroxylation sites is 1. The molecule has 2 aromatic carbocycles. The molecule has 5 rings (SSSR count). The molecule has 0 unspecified atom stereocenters. The van der Waals surface area contributed by atoms with E-state index in [1.807, 2.05) is 25.2 Å². The van der Waals surface area contributed by atoms with Gasteiger partial charge < -0.3 is 14.8 Å². The lowest BCUT2D eigenvalue weighted by Gasteiger charge is -2.40. The molecule has 0 radical (unpaired) electrons. The number of hydrogen-bond donors (Lipinski definition) is 1. The van der Waals surface area contributed by atoms with E-state index in [4.69, 9.17) is 16.6 Å². The molecular formula is C22H22Cl2N4. The highest BCUT2D eigenvalue weighted by atomic mass is 35.5. The molecule has 1 fully saturated rings. The van der Waals surface area contributed by atoms with Gasteiger partial charge in [0.05, 0.1) is 11.0 Å². The molecule has 1 saturated heterocycles. The predicted molar refractivity (Wildman–Crippen MR) is 120 cm³/mol. The Bertz CT molecular complexity index is 1130. The number of anilines is 1. The SMILES string of the molecule is CNC1CN(c2nc3ccccc3c3c2ccn3Cc2cccc(Cl)c2)C1.Cl. The quantitative estimate of drug-likeness (QED) is 0.526. The number of hydrogen-bond acceptors (Lipinski definition) is 3. The number of benzene rings is 2. The van der Waals surface area contributed by atoms with Gasteiger partial charge in [-0.05, 0) is 36.9 Å². The summed E-state index contributed by atoms with van der Waals surface area (Å²) < 4.78 is 2.31. The minimum atomic E-state index is 0. The molecule has 6 heteroatoms. The zero-order valence-corrected chi connectivity index (χ0v) is 17.2. The molecule has 144 valence electrons. The van der Waals surface area contributed by atoms with Gasteiger partial charge >= 0.3 is 0 Å². The van der Waals surface area contributed by atoms with Gasteiger partial charge in [-0.25, -0.2) is 4.98 Å².